The predicted octanol–water partition coefficient (Wildman–Crippen LogP) is 3.93. The molecular formula is C17H27NO. The summed E-state index contributed by atoms with van der Waals surface area (Å²) >= 11 is 0. The van der Waals surface area contributed by atoms with Crippen LogP contribution in [0.25, 0.3) is 0 Å². The van der Waals surface area contributed by atoms with E-state index in [4.69, 9.17) is 4.84 Å². The molecule has 2 heteroatoms. The summed E-state index contributed by atoms with van der Waals surface area (Å²) in [4.78, 5) is 6.51. The quantitative estimate of drug-likeness (QED) is 0.714. The second-order valence-electron chi connectivity index (χ2n) is 7.10. The van der Waals surface area contributed by atoms with E-state index in [0.717, 1.165) is 23.8 Å². The van der Waals surface area contributed by atoms with E-state index in [9.17, 15) is 0 Å². The molecule has 3 fully saturated rings. The van der Waals surface area contributed by atoms with Crippen molar-refractivity contribution in [2.45, 2.75) is 76.5 Å². The lowest BCUT2D eigenvalue weighted by molar-refractivity contribution is -0.201. The van der Waals surface area contributed by atoms with Crippen LogP contribution in [0.1, 0.15) is 58.3 Å². The molecule has 0 aromatic carbocycles. The zero-order valence-electron chi connectivity index (χ0n) is 12.1. The molecule has 2 saturated carbocycles. The van der Waals surface area contributed by atoms with Gasteiger partial charge in [0.2, 0.25) is 0 Å². The van der Waals surface area contributed by atoms with Gasteiger partial charge in [0.25, 0.3) is 0 Å². The lowest BCUT2D eigenvalue weighted by Gasteiger charge is -2.35. The van der Waals surface area contributed by atoms with Gasteiger partial charge < -0.3 is 0 Å². The molecule has 2 bridgehead atoms. The van der Waals surface area contributed by atoms with Gasteiger partial charge in [-0.3, -0.25) is 4.84 Å². The Hall–Kier alpha value is -0.340. The van der Waals surface area contributed by atoms with Crippen molar-refractivity contribution in [3.63, 3.8) is 0 Å². The average molecular weight is 261 g/mol. The van der Waals surface area contributed by atoms with Crippen LogP contribution in [-0.2, 0) is 4.84 Å². The van der Waals surface area contributed by atoms with Gasteiger partial charge in [0.15, 0.2) is 0 Å². The lowest BCUT2D eigenvalue weighted by Crippen LogP contribution is -2.42. The molecule has 3 aliphatic carbocycles. The van der Waals surface area contributed by atoms with Gasteiger partial charge in [0.1, 0.15) is 0 Å². The first-order valence-corrected chi connectivity index (χ1v) is 8.52. The third kappa shape index (κ3) is 1.91. The third-order valence-electron chi connectivity index (χ3n) is 5.98. The highest BCUT2D eigenvalue weighted by Gasteiger charge is 2.56. The molecule has 19 heavy (non-hydrogen) atoms. The number of nitrogens with zero attached hydrogens (tertiary/aromatic N) is 1. The molecule has 4 aliphatic rings. The van der Waals surface area contributed by atoms with Gasteiger partial charge in [0, 0.05) is 23.9 Å². The van der Waals surface area contributed by atoms with Gasteiger partial charge in [-0.25, -0.2) is 0 Å². The maximum atomic E-state index is 6.51. The molecule has 2 nitrogen and oxygen atoms in total. The summed E-state index contributed by atoms with van der Waals surface area (Å²) in [5.74, 6) is 2.35. The maximum absolute atomic E-state index is 6.51. The van der Waals surface area contributed by atoms with E-state index in [-0.39, 0.29) is 0 Å². The molecule has 0 aromatic heterocycles. The molecule has 1 aliphatic heterocycles. The van der Waals surface area contributed by atoms with Gasteiger partial charge in [0.05, 0.1) is 6.10 Å². The Bertz CT molecular complexity index is 360. The summed E-state index contributed by atoms with van der Waals surface area (Å²) in [6.07, 6.45) is 16.4. The molecule has 0 N–H and O–H groups in total. The zero-order chi connectivity index (χ0) is 12.8. The van der Waals surface area contributed by atoms with E-state index in [1.807, 2.05) is 0 Å². The average Bonchev–Trinajstić information content (AvgIpc) is 3.12. The summed E-state index contributed by atoms with van der Waals surface area (Å²) in [5, 5.41) is 2.49. The fourth-order valence-corrected chi connectivity index (χ4v) is 5.16. The minimum Gasteiger partial charge on any atom is -0.294 e. The van der Waals surface area contributed by atoms with Crippen LogP contribution >= 0.6 is 0 Å². The van der Waals surface area contributed by atoms with Crippen molar-refractivity contribution in [1.29, 1.82) is 0 Å². The first kappa shape index (κ1) is 12.4. The Kier molecular flexibility index (Phi) is 3.19. The first-order chi connectivity index (χ1) is 9.38. The summed E-state index contributed by atoms with van der Waals surface area (Å²) in [7, 11) is 0. The van der Waals surface area contributed by atoms with E-state index in [1.165, 1.54) is 51.4 Å². The topological polar surface area (TPSA) is 12.5 Å². The van der Waals surface area contributed by atoms with Crippen LogP contribution < -0.4 is 0 Å². The Morgan fingerprint density at radius 1 is 1.11 bits per heavy atom. The minimum absolute atomic E-state index is 0.522. The second kappa shape index (κ2) is 4.89. The smallest absolute Gasteiger partial charge is 0.0905 e. The molecule has 0 radical (unpaired) electrons. The Labute approximate surface area is 117 Å². The summed E-state index contributed by atoms with van der Waals surface area (Å²) < 4.78 is 0. The zero-order valence-corrected chi connectivity index (χ0v) is 12.1. The van der Waals surface area contributed by atoms with Crippen LogP contribution in [0.4, 0.5) is 0 Å². The van der Waals surface area contributed by atoms with Crippen LogP contribution in [0.3, 0.4) is 0 Å². The van der Waals surface area contributed by atoms with Crippen LogP contribution in [-0.4, -0.2) is 23.3 Å². The molecule has 0 aromatic rings. The molecule has 0 unspecified atom stereocenters. The number of hydrogen-bond donors (Lipinski definition) is 0. The summed E-state index contributed by atoms with van der Waals surface area (Å²) in [5.41, 5.74) is 0. The van der Waals surface area contributed by atoms with Crippen LogP contribution in [0.5, 0.6) is 0 Å². The van der Waals surface area contributed by atoms with Gasteiger partial charge in [-0.1, -0.05) is 44.8 Å². The van der Waals surface area contributed by atoms with Crippen molar-refractivity contribution in [3.8, 4) is 0 Å². The normalized spacial score (nSPS) is 46.1. The van der Waals surface area contributed by atoms with E-state index in [1.54, 1.807) is 0 Å². The van der Waals surface area contributed by atoms with Crippen molar-refractivity contribution in [1.82, 2.24) is 5.06 Å². The number of hydrogen-bond acceptors (Lipinski definition) is 2. The van der Waals surface area contributed by atoms with Crippen molar-refractivity contribution in [3.05, 3.63) is 12.2 Å². The van der Waals surface area contributed by atoms with Gasteiger partial charge in [-0.05, 0) is 31.6 Å². The standard InChI is InChI=1S/C17H27NO/c1-2-6-15-16-12-9-10-13(11-12)17(16)19-18(15)14-7-4-3-5-8-14/h9-10,12-17H,2-8,11H2,1H3/t12-,13-,15+,16+,17+/m0/s1. The molecule has 0 amide bonds. The van der Waals surface area contributed by atoms with E-state index in [0.29, 0.717) is 12.1 Å². The van der Waals surface area contributed by atoms with Crippen LogP contribution in [0.2, 0.25) is 0 Å². The molecule has 4 rings (SSSR count). The van der Waals surface area contributed by atoms with Crippen molar-refractivity contribution in [2.75, 3.05) is 0 Å². The molecular weight excluding hydrogens is 234 g/mol. The fourth-order valence-electron chi connectivity index (χ4n) is 5.16. The summed E-state index contributed by atoms with van der Waals surface area (Å²) in [6.45, 7) is 2.33. The fraction of sp³-hybridized carbons (Fsp3) is 0.882. The second-order valence-corrected chi connectivity index (χ2v) is 7.10. The number of fused-ring (bicyclic) bond motifs is 5. The molecule has 1 saturated heterocycles. The van der Waals surface area contributed by atoms with Gasteiger partial charge >= 0.3 is 0 Å². The first-order valence-electron chi connectivity index (χ1n) is 8.52. The van der Waals surface area contributed by atoms with Gasteiger partial charge in [-0.2, -0.15) is 5.06 Å². The largest absolute Gasteiger partial charge is 0.294 e. The third-order valence-corrected chi connectivity index (χ3v) is 5.98. The number of hydroxylamine groups is 2. The van der Waals surface area contributed by atoms with Crippen molar-refractivity contribution >= 4 is 0 Å². The lowest BCUT2D eigenvalue weighted by atomic mass is 9.83. The highest BCUT2D eigenvalue weighted by Crippen LogP contribution is 2.53. The van der Waals surface area contributed by atoms with E-state index >= 15 is 0 Å². The number of rotatable bonds is 3. The highest BCUT2D eigenvalue weighted by molar-refractivity contribution is 5.18. The van der Waals surface area contributed by atoms with Gasteiger partial charge in [-0.15, -0.1) is 0 Å². The Balaban J connectivity index is 1.55. The van der Waals surface area contributed by atoms with Crippen LogP contribution in [0, 0.1) is 17.8 Å². The monoisotopic (exact) mass is 261 g/mol. The van der Waals surface area contributed by atoms with Crippen LogP contribution in [0.15, 0.2) is 12.2 Å². The molecule has 106 valence electrons. The number of allylic oxidation sites excluding steroid dienone is 1. The van der Waals surface area contributed by atoms with E-state index in [2.05, 4.69) is 24.1 Å². The van der Waals surface area contributed by atoms with Crippen molar-refractivity contribution < 1.29 is 4.84 Å². The minimum atomic E-state index is 0.522. The maximum Gasteiger partial charge on any atom is 0.0905 e. The molecule has 0 spiro atoms. The Morgan fingerprint density at radius 2 is 1.89 bits per heavy atom. The molecule has 1 heterocycles. The predicted molar refractivity (Wildman–Crippen MR) is 76.5 cm³/mol. The Morgan fingerprint density at radius 3 is 2.68 bits per heavy atom. The SMILES string of the molecule is CCC[C@@H]1[C@@H]2[C@H](ON1C1CCCCC1)[C@H]1C=C[C@H]2C1. The highest BCUT2D eigenvalue weighted by atomic mass is 16.7. The molecule has 5 atom stereocenters. The summed E-state index contributed by atoms with van der Waals surface area (Å²) in [6, 6.07) is 1.42. The van der Waals surface area contributed by atoms with E-state index < -0.39 is 0 Å². The van der Waals surface area contributed by atoms with Crippen molar-refractivity contribution in [2.24, 2.45) is 17.8 Å².